The van der Waals surface area contributed by atoms with E-state index in [1.807, 2.05) is 48.5 Å². The van der Waals surface area contributed by atoms with Gasteiger partial charge in [0.05, 0.1) is 11.7 Å². The maximum atomic E-state index is 5.78. The fourth-order valence-electron chi connectivity index (χ4n) is 2.33. The summed E-state index contributed by atoms with van der Waals surface area (Å²) in [6.45, 7) is 0. The molecular formula is C16H13N5O. The summed E-state index contributed by atoms with van der Waals surface area (Å²) in [6, 6.07) is 15.2. The Labute approximate surface area is 125 Å². The topological polar surface area (TPSA) is 92.8 Å². The molecule has 0 saturated carbocycles. The molecule has 0 amide bonds. The van der Waals surface area contributed by atoms with E-state index >= 15 is 0 Å². The number of aromatic amines is 1. The van der Waals surface area contributed by atoms with Crippen LogP contribution in [-0.4, -0.2) is 15.4 Å². The Morgan fingerprint density at radius 2 is 2.05 bits per heavy atom. The molecule has 0 bridgehead atoms. The Bertz CT molecular complexity index is 940. The number of nitrogen functional groups attached to an aromatic ring is 1. The Morgan fingerprint density at radius 1 is 1.09 bits per heavy atom. The minimum atomic E-state index is 0.639. The number of hydrogen-bond acceptors (Lipinski definition) is 5. The summed E-state index contributed by atoms with van der Waals surface area (Å²) < 4.78 is 5.36. The summed E-state index contributed by atoms with van der Waals surface area (Å²) >= 11 is 0. The van der Waals surface area contributed by atoms with Crippen molar-refractivity contribution in [3.8, 4) is 11.3 Å². The summed E-state index contributed by atoms with van der Waals surface area (Å²) in [7, 11) is 0. The SMILES string of the molecule is Nc1cccc(-c2cc(Nc3ccc4[nH]ncc4c3)no2)c1. The van der Waals surface area contributed by atoms with Crippen LogP contribution < -0.4 is 11.1 Å². The summed E-state index contributed by atoms with van der Waals surface area (Å²) in [5.41, 5.74) is 9.28. The summed E-state index contributed by atoms with van der Waals surface area (Å²) in [5.74, 6) is 1.31. The van der Waals surface area contributed by atoms with Gasteiger partial charge in [-0.15, -0.1) is 0 Å². The van der Waals surface area contributed by atoms with Crippen molar-refractivity contribution in [2.24, 2.45) is 0 Å². The highest BCUT2D eigenvalue weighted by molar-refractivity contribution is 5.82. The lowest BCUT2D eigenvalue weighted by Gasteiger charge is -2.01. The standard InChI is InChI=1S/C16H13N5O/c17-12-3-1-2-10(6-12)15-8-16(21-22-15)19-13-4-5-14-11(7-13)9-18-20-14/h1-9H,17H2,(H,18,20)(H,19,21). The fourth-order valence-corrected chi connectivity index (χ4v) is 2.33. The van der Waals surface area contributed by atoms with Gasteiger partial charge in [0, 0.05) is 28.4 Å². The molecule has 2 heterocycles. The normalized spacial score (nSPS) is 10.9. The Hall–Kier alpha value is -3.28. The number of H-pyrrole nitrogens is 1. The van der Waals surface area contributed by atoms with Gasteiger partial charge in [-0.05, 0) is 30.3 Å². The number of anilines is 3. The first-order valence-electron chi connectivity index (χ1n) is 6.81. The molecule has 0 aliphatic heterocycles. The first-order valence-corrected chi connectivity index (χ1v) is 6.81. The minimum absolute atomic E-state index is 0.639. The van der Waals surface area contributed by atoms with E-state index in [1.165, 1.54) is 0 Å². The zero-order valence-electron chi connectivity index (χ0n) is 11.6. The van der Waals surface area contributed by atoms with Crippen LogP contribution in [0.3, 0.4) is 0 Å². The van der Waals surface area contributed by atoms with Crippen LogP contribution in [-0.2, 0) is 0 Å². The molecule has 0 aliphatic carbocycles. The molecule has 0 saturated heterocycles. The van der Waals surface area contributed by atoms with Gasteiger partial charge in [-0.2, -0.15) is 5.10 Å². The smallest absolute Gasteiger partial charge is 0.174 e. The van der Waals surface area contributed by atoms with Crippen molar-refractivity contribution < 1.29 is 4.52 Å². The molecule has 0 unspecified atom stereocenters. The highest BCUT2D eigenvalue weighted by Gasteiger charge is 2.07. The van der Waals surface area contributed by atoms with Crippen LogP contribution in [0, 0.1) is 0 Å². The van der Waals surface area contributed by atoms with Crippen molar-refractivity contribution in [3.05, 3.63) is 54.7 Å². The molecule has 4 aromatic rings. The minimum Gasteiger partial charge on any atom is -0.399 e. The molecule has 0 spiro atoms. The summed E-state index contributed by atoms with van der Waals surface area (Å²) in [6.07, 6.45) is 1.78. The number of nitrogens with two attached hydrogens (primary N) is 1. The van der Waals surface area contributed by atoms with Crippen molar-refractivity contribution in [3.63, 3.8) is 0 Å². The predicted octanol–water partition coefficient (Wildman–Crippen LogP) is 3.54. The van der Waals surface area contributed by atoms with Gasteiger partial charge in [-0.25, -0.2) is 0 Å². The van der Waals surface area contributed by atoms with Gasteiger partial charge in [-0.3, -0.25) is 5.10 Å². The molecule has 2 aromatic heterocycles. The number of nitrogens with zero attached hydrogens (tertiary/aromatic N) is 2. The highest BCUT2D eigenvalue weighted by atomic mass is 16.5. The second kappa shape index (κ2) is 4.92. The van der Waals surface area contributed by atoms with Crippen molar-refractivity contribution in [2.75, 3.05) is 11.1 Å². The molecule has 2 aromatic carbocycles. The zero-order chi connectivity index (χ0) is 14.9. The lowest BCUT2D eigenvalue weighted by molar-refractivity contribution is 0.435. The van der Waals surface area contributed by atoms with E-state index in [0.717, 1.165) is 22.2 Å². The van der Waals surface area contributed by atoms with Gasteiger partial charge in [0.15, 0.2) is 11.6 Å². The van der Waals surface area contributed by atoms with Crippen LogP contribution in [0.15, 0.2) is 59.3 Å². The molecule has 0 atom stereocenters. The number of aromatic nitrogens is 3. The number of hydrogen-bond donors (Lipinski definition) is 3. The first kappa shape index (κ1) is 12.5. The lowest BCUT2D eigenvalue weighted by Crippen LogP contribution is -1.89. The van der Waals surface area contributed by atoms with Gasteiger partial charge < -0.3 is 15.6 Å². The van der Waals surface area contributed by atoms with Gasteiger partial charge in [0.2, 0.25) is 0 Å². The molecule has 4 rings (SSSR count). The van der Waals surface area contributed by atoms with Crippen molar-refractivity contribution in [1.82, 2.24) is 15.4 Å². The van der Waals surface area contributed by atoms with Gasteiger partial charge in [-0.1, -0.05) is 17.3 Å². The second-order valence-electron chi connectivity index (χ2n) is 5.00. The van der Waals surface area contributed by atoms with E-state index in [-0.39, 0.29) is 0 Å². The Kier molecular flexibility index (Phi) is 2.79. The molecule has 0 radical (unpaired) electrons. The maximum Gasteiger partial charge on any atom is 0.174 e. The van der Waals surface area contributed by atoms with Crippen LogP contribution in [0.4, 0.5) is 17.2 Å². The van der Waals surface area contributed by atoms with Crippen molar-refractivity contribution in [2.45, 2.75) is 0 Å². The quantitative estimate of drug-likeness (QED) is 0.502. The molecule has 108 valence electrons. The average molecular weight is 291 g/mol. The molecule has 22 heavy (non-hydrogen) atoms. The third-order valence-corrected chi connectivity index (χ3v) is 3.39. The van der Waals surface area contributed by atoms with Gasteiger partial charge in [0.25, 0.3) is 0 Å². The molecule has 6 nitrogen and oxygen atoms in total. The Morgan fingerprint density at radius 3 is 2.95 bits per heavy atom. The van der Waals surface area contributed by atoms with Crippen LogP contribution in [0.5, 0.6) is 0 Å². The number of rotatable bonds is 3. The summed E-state index contributed by atoms with van der Waals surface area (Å²) in [4.78, 5) is 0. The number of nitrogens with one attached hydrogen (secondary N) is 2. The third kappa shape index (κ3) is 2.26. The Balaban J connectivity index is 1.61. The number of benzene rings is 2. The van der Waals surface area contributed by atoms with Crippen LogP contribution in [0.2, 0.25) is 0 Å². The van der Waals surface area contributed by atoms with Crippen LogP contribution in [0.25, 0.3) is 22.2 Å². The number of fused-ring (bicyclic) bond motifs is 1. The van der Waals surface area contributed by atoms with Gasteiger partial charge in [0.1, 0.15) is 0 Å². The molecule has 0 aliphatic rings. The third-order valence-electron chi connectivity index (χ3n) is 3.39. The second-order valence-corrected chi connectivity index (χ2v) is 5.00. The van der Waals surface area contributed by atoms with Crippen LogP contribution >= 0.6 is 0 Å². The maximum absolute atomic E-state index is 5.78. The molecule has 6 heteroatoms. The highest BCUT2D eigenvalue weighted by Crippen LogP contribution is 2.26. The summed E-state index contributed by atoms with van der Waals surface area (Å²) in [5, 5.41) is 15.2. The van der Waals surface area contributed by atoms with E-state index in [1.54, 1.807) is 6.20 Å². The van der Waals surface area contributed by atoms with Crippen molar-refractivity contribution >= 4 is 28.1 Å². The van der Waals surface area contributed by atoms with E-state index in [2.05, 4.69) is 20.7 Å². The van der Waals surface area contributed by atoms with E-state index < -0.39 is 0 Å². The van der Waals surface area contributed by atoms with E-state index in [4.69, 9.17) is 10.3 Å². The zero-order valence-corrected chi connectivity index (χ0v) is 11.6. The molecule has 0 fully saturated rings. The monoisotopic (exact) mass is 291 g/mol. The van der Waals surface area contributed by atoms with Crippen LogP contribution in [0.1, 0.15) is 0 Å². The lowest BCUT2D eigenvalue weighted by atomic mass is 10.1. The van der Waals surface area contributed by atoms with E-state index in [9.17, 15) is 0 Å². The fraction of sp³-hybridized carbons (Fsp3) is 0. The largest absolute Gasteiger partial charge is 0.399 e. The van der Waals surface area contributed by atoms with Crippen molar-refractivity contribution in [1.29, 1.82) is 0 Å². The molecule has 4 N–H and O–H groups in total. The first-order chi connectivity index (χ1) is 10.8. The predicted molar refractivity (Wildman–Crippen MR) is 85.7 cm³/mol. The average Bonchev–Trinajstić information content (AvgIpc) is 3.16. The van der Waals surface area contributed by atoms with E-state index in [0.29, 0.717) is 17.3 Å². The molecular weight excluding hydrogens is 278 g/mol. The van der Waals surface area contributed by atoms with Gasteiger partial charge >= 0.3 is 0 Å².